The highest BCUT2D eigenvalue weighted by Gasteiger charge is 2.69. The van der Waals surface area contributed by atoms with E-state index in [1.54, 1.807) is 0 Å². The van der Waals surface area contributed by atoms with Crippen LogP contribution in [-0.4, -0.2) is 61.7 Å². The van der Waals surface area contributed by atoms with Gasteiger partial charge in [-0.15, -0.1) is 0 Å². The molecule has 10 heteroatoms. The van der Waals surface area contributed by atoms with Gasteiger partial charge in [-0.25, -0.2) is 0 Å². The fourth-order valence-electron chi connectivity index (χ4n) is 3.79. The Hall–Kier alpha value is 0.220. The first-order valence-corrected chi connectivity index (χ1v) is 9.74. The first-order chi connectivity index (χ1) is 8.82. The van der Waals surface area contributed by atoms with Gasteiger partial charge < -0.3 is 29.8 Å². The Bertz CT molecular complexity index is 476. The molecule has 1 heterocycles. The van der Waals surface area contributed by atoms with Crippen molar-refractivity contribution in [3.8, 4) is 0 Å². The SMILES string of the molecule is C[N+]1(C)CCC(N)C2CC(P(=O)(O)O)(P(=O)(O)O)CC21. The van der Waals surface area contributed by atoms with Crippen LogP contribution in [0.2, 0.25) is 0 Å². The second-order valence-electron chi connectivity index (χ2n) is 6.66. The van der Waals surface area contributed by atoms with E-state index in [1.807, 2.05) is 14.1 Å². The first kappa shape index (κ1) is 16.6. The van der Waals surface area contributed by atoms with Crippen molar-refractivity contribution in [2.75, 3.05) is 20.6 Å². The summed E-state index contributed by atoms with van der Waals surface area (Å²) in [5.74, 6) is -0.279. The van der Waals surface area contributed by atoms with Crippen LogP contribution in [0.4, 0.5) is 0 Å². The number of piperidine rings is 1. The van der Waals surface area contributed by atoms with Gasteiger partial charge >= 0.3 is 15.2 Å². The van der Waals surface area contributed by atoms with Gasteiger partial charge in [0.05, 0.1) is 26.7 Å². The number of rotatable bonds is 2. The molecule has 3 atom stereocenters. The molecule has 8 nitrogen and oxygen atoms in total. The minimum atomic E-state index is -4.95. The molecule has 20 heavy (non-hydrogen) atoms. The molecule has 6 N–H and O–H groups in total. The molecule has 1 saturated heterocycles. The largest absolute Gasteiger partial charge is 0.344 e. The van der Waals surface area contributed by atoms with Crippen molar-refractivity contribution >= 4 is 15.2 Å². The Labute approximate surface area is 117 Å². The monoisotopic (exact) mass is 329 g/mol. The van der Waals surface area contributed by atoms with Gasteiger partial charge in [0.25, 0.3) is 0 Å². The predicted molar refractivity (Wildman–Crippen MR) is 72.9 cm³/mol. The summed E-state index contributed by atoms with van der Waals surface area (Å²) >= 11 is 0. The molecule has 1 saturated carbocycles. The van der Waals surface area contributed by atoms with Crippen LogP contribution >= 0.6 is 15.2 Å². The molecule has 0 spiro atoms. The number of hydrogen-bond donors (Lipinski definition) is 5. The lowest BCUT2D eigenvalue weighted by Gasteiger charge is -2.45. The Morgan fingerprint density at radius 1 is 1.10 bits per heavy atom. The maximum atomic E-state index is 11.8. The van der Waals surface area contributed by atoms with Crippen LogP contribution < -0.4 is 5.73 Å². The molecule has 3 unspecified atom stereocenters. The quantitative estimate of drug-likeness (QED) is 0.343. The third kappa shape index (κ3) is 2.32. The van der Waals surface area contributed by atoms with Gasteiger partial charge in [-0.2, -0.15) is 0 Å². The Morgan fingerprint density at radius 2 is 1.60 bits per heavy atom. The average molecular weight is 329 g/mol. The van der Waals surface area contributed by atoms with Gasteiger partial charge in [0.15, 0.2) is 4.90 Å². The topological polar surface area (TPSA) is 141 Å². The average Bonchev–Trinajstić information content (AvgIpc) is 2.65. The zero-order chi connectivity index (χ0) is 15.6. The highest BCUT2D eigenvalue weighted by Crippen LogP contribution is 2.76. The highest BCUT2D eigenvalue weighted by atomic mass is 31.2. The molecule has 118 valence electrons. The van der Waals surface area contributed by atoms with Crippen LogP contribution in [0.25, 0.3) is 0 Å². The van der Waals surface area contributed by atoms with Gasteiger partial charge in [0.2, 0.25) is 0 Å². The molecular formula is C10H23N2O6P2+. The minimum Gasteiger partial charge on any atom is -0.327 e. The van der Waals surface area contributed by atoms with Crippen molar-refractivity contribution < 1.29 is 33.2 Å². The van der Waals surface area contributed by atoms with Crippen LogP contribution in [0.15, 0.2) is 0 Å². The van der Waals surface area contributed by atoms with Crippen LogP contribution in [-0.2, 0) is 9.13 Å². The molecule has 0 bridgehead atoms. The van der Waals surface area contributed by atoms with E-state index in [2.05, 4.69) is 0 Å². The van der Waals surface area contributed by atoms with Gasteiger partial charge in [-0.05, 0) is 6.42 Å². The molecule has 0 amide bonds. The third-order valence-corrected chi connectivity index (χ3v) is 9.63. The lowest BCUT2D eigenvalue weighted by Crippen LogP contribution is -2.59. The summed E-state index contributed by atoms with van der Waals surface area (Å²) in [7, 11) is -6.07. The molecule has 2 aliphatic rings. The molecule has 1 aliphatic heterocycles. The predicted octanol–water partition coefficient (Wildman–Crippen LogP) is -0.376. The van der Waals surface area contributed by atoms with Crippen molar-refractivity contribution in [2.45, 2.75) is 36.2 Å². The van der Waals surface area contributed by atoms with E-state index in [1.165, 1.54) is 0 Å². The minimum absolute atomic E-state index is 0.188. The number of nitrogens with zero attached hydrogens (tertiary/aromatic N) is 1. The summed E-state index contributed by atoms with van der Waals surface area (Å²) in [6.07, 6.45) is 0.286. The number of nitrogens with two attached hydrogens (primary N) is 1. The van der Waals surface area contributed by atoms with Crippen molar-refractivity contribution in [3.05, 3.63) is 0 Å². The van der Waals surface area contributed by atoms with E-state index in [-0.39, 0.29) is 30.8 Å². The molecule has 2 fully saturated rings. The standard InChI is InChI=1S/C10H22N2O6P2/c1-12(2)4-3-8(11)7-5-10(6-9(7)12,19(13,14)15)20(16,17)18/h7-9H,3-6,11H2,1-2H3,(H3-,13,14,15,16,17,18)/p+1. The summed E-state index contributed by atoms with van der Waals surface area (Å²) in [6.45, 7) is 0.737. The molecule has 2 rings (SSSR count). The fourth-order valence-corrected chi connectivity index (χ4v) is 6.90. The van der Waals surface area contributed by atoms with Crippen LogP contribution in [0.5, 0.6) is 0 Å². The van der Waals surface area contributed by atoms with Crippen molar-refractivity contribution in [2.24, 2.45) is 11.7 Å². The fraction of sp³-hybridized carbons (Fsp3) is 1.00. The Kier molecular flexibility index (Phi) is 3.82. The maximum absolute atomic E-state index is 11.8. The molecule has 0 radical (unpaired) electrons. The van der Waals surface area contributed by atoms with Crippen molar-refractivity contribution in [3.63, 3.8) is 0 Å². The van der Waals surface area contributed by atoms with Gasteiger partial charge in [0.1, 0.15) is 0 Å². The molecule has 0 aromatic rings. The van der Waals surface area contributed by atoms with E-state index < -0.39 is 20.1 Å². The Balaban J connectivity index is 2.51. The summed E-state index contributed by atoms with van der Waals surface area (Å²) in [4.78, 5) is 36.0. The van der Waals surface area contributed by atoms with Gasteiger partial charge in [-0.1, -0.05) is 0 Å². The van der Waals surface area contributed by atoms with E-state index >= 15 is 0 Å². The van der Waals surface area contributed by atoms with Crippen LogP contribution in [0, 0.1) is 5.92 Å². The van der Waals surface area contributed by atoms with Crippen LogP contribution in [0.1, 0.15) is 19.3 Å². The van der Waals surface area contributed by atoms with E-state index in [0.717, 1.165) is 6.54 Å². The lowest BCUT2D eigenvalue weighted by molar-refractivity contribution is -0.923. The van der Waals surface area contributed by atoms with Crippen molar-refractivity contribution in [1.82, 2.24) is 0 Å². The second-order valence-corrected chi connectivity index (χ2v) is 10.9. The zero-order valence-corrected chi connectivity index (χ0v) is 13.4. The number of quaternary nitrogens is 1. The van der Waals surface area contributed by atoms with Crippen molar-refractivity contribution in [1.29, 1.82) is 0 Å². The normalized spacial score (nSPS) is 36.6. The van der Waals surface area contributed by atoms with E-state index in [0.29, 0.717) is 10.9 Å². The smallest absolute Gasteiger partial charge is 0.327 e. The summed E-state index contributed by atoms with van der Waals surface area (Å²) in [5, 5.41) is 0. The van der Waals surface area contributed by atoms with E-state index in [4.69, 9.17) is 5.73 Å². The number of hydrogen-bond acceptors (Lipinski definition) is 3. The highest BCUT2D eigenvalue weighted by molar-refractivity contribution is 7.72. The van der Waals surface area contributed by atoms with Crippen LogP contribution in [0.3, 0.4) is 0 Å². The summed E-state index contributed by atoms with van der Waals surface area (Å²) < 4.78 is 24.1. The van der Waals surface area contributed by atoms with Gasteiger partial charge in [0, 0.05) is 24.8 Å². The zero-order valence-electron chi connectivity index (χ0n) is 11.6. The summed E-state index contributed by atoms with van der Waals surface area (Å²) in [5.41, 5.74) is 6.03. The third-order valence-electron chi connectivity index (χ3n) is 5.16. The Morgan fingerprint density at radius 3 is 2.00 bits per heavy atom. The second kappa shape index (κ2) is 4.61. The molecule has 1 aliphatic carbocycles. The first-order valence-electron chi connectivity index (χ1n) is 6.51. The number of likely N-dealkylation sites (tertiary alicyclic amines) is 1. The maximum Gasteiger partial charge on any atom is 0.344 e. The number of fused-ring (bicyclic) bond motifs is 1. The molecule has 0 aromatic carbocycles. The lowest BCUT2D eigenvalue weighted by atomic mass is 9.86. The van der Waals surface area contributed by atoms with E-state index in [9.17, 15) is 28.7 Å². The molecular weight excluding hydrogens is 306 g/mol. The molecule has 0 aromatic heterocycles. The summed E-state index contributed by atoms with van der Waals surface area (Å²) in [6, 6.07) is -0.509. The van der Waals surface area contributed by atoms with Gasteiger partial charge in [-0.3, -0.25) is 9.13 Å².